The number of fused-ring (bicyclic) bond motifs is 1. The molecule has 2 aliphatic rings. The standard InChI is InChI=1S/C24H23F3N4O4S2/c1-2-35-20-12-16(24(25,26)27)6-8-19(20)21(32)28-17-9-14-5-7-18(11-15(14)10-17)37(33,34)31-23-30-29-22(36-23)13-3-4-13/h5-8,11-13,17H,2-4,9-10H2,1H3,(H,28,32)(H,30,31)/p+1. The first kappa shape index (κ1) is 25.5. The summed E-state index contributed by atoms with van der Waals surface area (Å²) in [6, 6.07) is 7.44. The van der Waals surface area contributed by atoms with Crippen LogP contribution in [-0.4, -0.2) is 42.3 Å². The van der Waals surface area contributed by atoms with Gasteiger partial charge >= 0.3 is 12.1 Å². The lowest BCUT2D eigenvalue weighted by Gasteiger charge is -2.11. The van der Waals surface area contributed by atoms with Crippen LogP contribution in [0, 0.1) is 0 Å². The van der Waals surface area contributed by atoms with Crippen molar-refractivity contribution in [3.63, 3.8) is 0 Å². The molecule has 1 fully saturated rings. The normalized spacial score (nSPS) is 18.1. The average Bonchev–Trinajstić information content (AvgIpc) is 3.45. The van der Waals surface area contributed by atoms with Gasteiger partial charge < -0.3 is 9.84 Å². The van der Waals surface area contributed by atoms with Gasteiger partial charge in [0.15, 0.2) is 6.04 Å². The lowest BCUT2D eigenvalue weighted by atomic mass is 10.1. The van der Waals surface area contributed by atoms with Crippen LogP contribution in [0.5, 0.6) is 5.75 Å². The molecule has 2 aromatic carbocycles. The van der Waals surface area contributed by atoms with Crippen molar-refractivity contribution in [1.82, 2.24) is 10.2 Å². The molecule has 1 heterocycles. The molecule has 0 aliphatic heterocycles. The number of benzene rings is 2. The third-order valence-corrected chi connectivity index (χ3v) is 8.68. The van der Waals surface area contributed by atoms with E-state index in [1.54, 1.807) is 19.1 Å². The Morgan fingerprint density at radius 2 is 1.92 bits per heavy atom. The van der Waals surface area contributed by atoms with E-state index >= 15 is 0 Å². The zero-order valence-corrected chi connectivity index (χ0v) is 21.3. The molecule has 196 valence electrons. The number of anilines is 1. The van der Waals surface area contributed by atoms with Crippen LogP contribution >= 0.6 is 11.3 Å². The maximum atomic E-state index is 13.1. The van der Waals surface area contributed by atoms with Gasteiger partial charge in [-0.25, -0.2) is 13.4 Å². The molecule has 1 saturated carbocycles. The van der Waals surface area contributed by atoms with Gasteiger partial charge in [0, 0.05) is 18.8 Å². The highest BCUT2D eigenvalue weighted by atomic mass is 32.2. The first-order chi connectivity index (χ1) is 17.5. The smallest absolute Gasteiger partial charge is 0.416 e. The largest absolute Gasteiger partial charge is 0.493 e. The number of hydrogen-bond acceptors (Lipinski definition) is 6. The number of alkyl halides is 3. The number of rotatable bonds is 8. The fourth-order valence-corrected chi connectivity index (χ4v) is 6.44. The van der Waals surface area contributed by atoms with Crippen molar-refractivity contribution in [3.8, 4) is 5.75 Å². The number of aliphatic hydroxyl groups excluding tert-OH is 1. The van der Waals surface area contributed by atoms with Gasteiger partial charge in [0.2, 0.25) is 5.13 Å². The van der Waals surface area contributed by atoms with Crippen molar-refractivity contribution >= 4 is 32.4 Å². The first-order valence-corrected chi connectivity index (χ1v) is 14.0. The van der Waals surface area contributed by atoms with E-state index in [1.807, 2.05) is 0 Å². The highest BCUT2D eigenvalue weighted by Gasteiger charge is 2.33. The van der Waals surface area contributed by atoms with Crippen LogP contribution in [0.4, 0.5) is 18.3 Å². The fraction of sp³-hybridized carbons (Fsp3) is 0.375. The number of aliphatic hydroxyl groups is 1. The highest BCUT2D eigenvalue weighted by Crippen LogP contribution is 2.42. The zero-order valence-electron chi connectivity index (χ0n) is 19.7. The molecular formula is C24H24F3N4O4S2+. The minimum absolute atomic E-state index is 0.0844. The van der Waals surface area contributed by atoms with E-state index in [1.165, 1.54) is 17.4 Å². The molecule has 2 aliphatic carbocycles. The predicted octanol–water partition coefficient (Wildman–Crippen LogP) is 3.19. The van der Waals surface area contributed by atoms with Gasteiger partial charge in [0.05, 0.1) is 17.1 Å². The van der Waals surface area contributed by atoms with Crippen molar-refractivity contribution in [3.05, 3.63) is 63.7 Å². The number of halogens is 3. The SMILES string of the molecule is CCOc1cc(C(F)(F)F)ccc1C(O)=[NH+]C1Cc2ccc(S(=O)(=O)Nc3nnc(C4CC4)s3)cc2C1. The average molecular weight is 554 g/mol. The number of sulfonamides is 1. The number of ether oxygens (including phenoxy) is 1. The van der Waals surface area contributed by atoms with Gasteiger partial charge in [-0.15, -0.1) is 10.2 Å². The summed E-state index contributed by atoms with van der Waals surface area (Å²) in [6.07, 6.45) is -1.54. The summed E-state index contributed by atoms with van der Waals surface area (Å²) < 4.78 is 73.0. The third-order valence-electron chi connectivity index (χ3n) is 6.21. The molecule has 0 spiro atoms. The summed E-state index contributed by atoms with van der Waals surface area (Å²) in [5.74, 6) is -0.0216. The predicted molar refractivity (Wildman–Crippen MR) is 131 cm³/mol. The lowest BCUT2D eigenvalue weighted by molar-refractivity contribution is -0.507. The maximum Gasteiger partial charge on any atom is 0.416 e. The molecule has 13 heteroatoms. The topological polar surface area (TPSA) is 115 Å². The fourth-order valence-electron chi connectivity index (χ4n) is 4.25. The molecule has 1 aromatic heterocycles. The second kappa shape index (κ2) is 9.60. The van der Waals surface area contributed by atoms with Crippen LogP contribution in [0.3, 0.4) is 0 Å². The Labute approximate surface area is 215 Å². The van der Waals surface area contributed by atoms with Crippen molar-refractivity contribution in [2.45, 2.75) is 55.6 Å². The van der Waals surface area contributed by atoms with E-state index in [-0.39, 0.29) is 39.9 Å². The van der Waals surface area contributed by atoms with E-state index in [0.717, 1.165) is 47.2 Å². The van der Waals surface area contributed by atoms with Gasteiger partial charge in [-0.2, -0.15) is 13.2 Å². The van der Waals surface area contributed by atoms with Gasteiger partial charge in [0.1, 0.15) is 16.3 Å². The molecular weight excluding hydrogens is 529 g/mol. The Bertz CT molecular complexity index is 1470. The monoisotopic (exact) mass is 553 g/mol. The van der Waals surface area contributed by atoms with Gasteiger partial charge in [-0.05, 0) is 61.2 Å². The lowest BCUT2D eigenvalue weighted by Crippen LogP contribution is -2.80. The number of hydrogen-bond donors (Lipinski definition) is 3. The summed E-state index contributed by atoms with van der Waals surface area (Å²) >= 11 is 1.24. The molecule has 3 N–H and O–H groups in total. The molecule has 3 aromatic rings. The molecule has 1 atom stereocenters. The zero-order chi connectivity index (χ0) is 26.4. The van der Waals surface area contributed by atoms with E-state index in [9.17, 15) is 26.7 Å². The maximum absolute atomic E-state index is 13.1. The molecule has 0 amide bonds. The molecule has 5 rings (SSSR count). The van der Waals surface area contributed by atoms with E-state index in [2.05, 4.69) is 19.9 Å². The molecule has 37 heavy (non-hydrogen) atoms. The molecule has 0 bridgehead atoms. The highest BCUT2D eigenvalue weighted by molar-refractivity contribution is 7.93. The van der Waals surface area contributed by atoms with Crippen LogP contribution in [0.25, 0.3) is 0 Å². The Balaban J connectivity index is 1.33. The Kier molecular flexibility index (Phi) is 6.61. The van der Waals surface area contributed by atoms with Gasteiger partial charge in [0.25, 0.3) is 10.0 Å². The van der Waals surface area contributed by atoms with Crippen LogP contribution in [0.2, 0.25) is 0 Å². The summed E-state index contributed by atoms with van der Waals surface area (Å²) in [5.41, 5.74) is 0.941. The summed E-state index contributed by atoms with van der Waals surface area (Å²) in [4.78, 5) is 3.03. The molecule has 1 unspecified atom stereocenters. The summed E-state index contributed by atoms with van der Waals surface area (Å²) in [6.45, 7) is 1.76. The minimum Gasteiger partial charge on any atom is -0.493 e. The molecule has 8 nitrogen and oxygen atoms in total. The van der Waals surface area contributed by atoms with Crippen molar-refractivity contribution in [2.24, 2.45) is 0 Å². The van der Waals surface area contributed by atoms with Crippen molar-refractivity contribution in [1.29, 1.82) is 0 Å². The second-order valence-corrected chi connectivity index (χ2v) is 11.7. The van der Waals surface area contributed by atoms with Crippen LogP contribution < -0.4 is 14.5 Å². The second-order valence-electron chi connectivity index (χ2n) is 9.00. The first-order valence-electron chi connectivity index (χ1n) is 11.7. The number of nitrogens with one attached hydrogen (secondary N) is 2. The van der Waals surface area contributed by atoms with E-state index < -0.39 is 21.8 Å². The quantitative estimate of drug-likeness (QED) is 0.292. The van der Waals surface area contributed by atoms with Crippen molar-refractivity contribution in [2.75, 3.05) is 11.3 Å². The van der Waals surface area contributed by atoms with Crippen LogP contribution in [0.15, 0.2) is 41.3 Å². The minimum atomic E-state index is -4.54. The van der Waals surface area contributed by atoms with E-state index in [0.29, 0.717) is 18.8 Å². The Morgan fingerprint density at radius 3 is 2.62 bits per heavy atom. The van der Waals surface area contributed by atoms with Crippen molar-refractivity contribution < 1.29 is 36.4 Å². The molecule has 0 radical (unpaired) electrons. The molecule has 0 saturated heterocycles. The summed E-state index contributed by atoms with van der Waals surface area (Å²) in [7, 11) is -3.86. The Hall–Kier alpha value is -3.19. The third kappa shape index (κ3) is 5.57. The van der Waals surface area contributed by atoms with Gasteiger partial charge in [-0.3, -0.25) is 4.72 Å². The summed E-state index contributed by atoms with van der Waals surface area (Å²) in [5, 5.41) is 19.7. The Morgan fingerprint density at radius 1 is 1.16 bits per heavy atom. The number of nitrogens with zero attached hydrogens (tertiary/aromatic N) is 2. The number of aromatic nitrogens is 2. The van der Waals surface area contributed by atoms with Gasteiger partial charge in [-0.1, -0.05) is 17.4 Å². The van der Waals surface area contributed by atoms with E-state index in [4.69, 9.17) is 4.74 Å². The van der Waals surface area contributed by atoms with Crippen LogP contribution in [-0.2, 0) is 29.0 Å². The van der Waals surface area contributed by atoms with Crippen LogP contribution in [0.1, 0.15) is 52.9 Å².